The number of nitrogens with zero attached hydrogens (tertiary/aromatic N) is 9. The molecule has 1 aliphatic carbocycles. The van der Waals surface area contributed by atoms with Crippen molar-refractivity contribution in [2.75, 3.05) is 5.73 Å². The van der Waals surface area contributed by atoms with Gasteiger partial charge in [0.25, 0.3) is 5.91 Å². The van der Waals surface area contributed by atoms with Gasteiger partial charge in [0, 0.05) is 43.7 Å². The van der Waals surface area contributed by atoms with E-state index in [1.54, 1.807) is 40.1 Å². The lowest BCUT2D eigenvalue weighted by Gasteiger charge is -2.16. The van der Waals surface area contributed by atoms with E-state index in [1.165, 1.54) is 0 Å². The molecule has 0 fully saturated rings. The topological polar surface area (TPSA) is 147 Å². The van der Waals surface area contributed by atoms with Crippen LogP contribution in [-0.2, 0) is 13.5 Å². The van der Waals surface area contributed by atoms with Gasteiger partial charge in [-0.25, -0.2) is 24.6 Å². The Kier molecular flexibility index (Phi) is 6.76. The largest absolute Gasteiger partial charge is 0.383 e. The van der Waals surface area contributed by atoms with Crippen LogP contribution in [0.2, 0.25) is 0 Å². The molecule has 0 saturated heterocycles. The molecule has 0 bridgehead atoms. The summed E-state index contributed by atoms with van der Waals surface area (Å²) in [4.78, 5) is 32.1. The average molecular weight is 618 g/mol. The highest BCUT2D eigenvalue weighted by Gasteiger charge is 2.27. The van der Waals surface area contributed by atoms with Crippen LogP contribution in [-0.4, -0.2) is 50.0 Å². The number of nitrogens with one attached hydrogen (secondary N) is 1. The molecule has 1 atom stereocenters. The third-order valence-electron chi connectivity index (χ3n) is 8.15. The molecule has 8 rings (SSSR count). The van der Waals surface area contributed by atoms with E-state index in [1.807, 2.05) is 66.5 Å². The van der Waals surface area contributed by atoms with Crippen molar-refractivity contribution in [3.63, 3.8) is 0 Å². The molecule has 12 nitrogen and oxygen atoms in total. The summed E-state index contributed by atoms with van der Waals surface area (Å²) in [7, 11) is 1.83. The third kappa shape index (κ3) is 5.15. The Morgan fingerprint density at radius 2 is 1.85 bits per heavy atom. The molecule has 47 heavy (non-hydrogen) atoms. The third-order valence-corrected chi connectivity index (χ3v) is 8.15. The van der Waals surface area contributed by atoms with Gasteiger partial charge in [0.1, 0.15) is 22.7 Å². The van der Waals surface area contributed by atoms with Crippen molar-refractivity contribution < 1.29 is 4.79 Å². The lowest BCUT2D eigenvalue weighted by atomic mass is 10.1. The molecule has 6 heterocycles. The van der Waals surface area contributed by atoms with Gasteiger partial charge in [0.2, 0.25) is 0 Å². The number of aryl methyl sites for hydroxylation is 2. The first-order valence-electron chi connectivity index (χ1n) is 15.0. The average Bonchev–Trinajstić information content (AvgIpc) is 3.91. The van der Waals surface area contributed by atoms with Crippen molar-refractivity contribution in [3.05, 3.63) is 126 Å². The number of fused-ring (bicyclic) bond motifs is 2. The molecule has 228 valence electrons. The van der Waals surface area contributed by atoms with E-state index < -0.39 is 0 Å². The fourth-order valence-electron chi connectivity index (χ4n) is 5.93. The summed E-state index contributed by atoms with van der Waals surface area (Å²) in [5.41, 5.74) is 12.9. The quantitative estimate of drug-likeness (QED) is 0.273. The predicted octanol–water partition coefficient (Wildman–Crippen LogP) is 4.20. The number of carbonyl (C=O) groups is 1. The number of imidazole rings is 1. The zero-order valence-corrected chi connectivity index (χ0v) is 25.2. The van der Waals surface area contributed by atoms with Gasteiger partial charge in [-0.1, -0.05) is 6.07 Å². The summed E-state index contributed by atoms with van der Waals surface area (Å²) in [6.45, 7) is 0. The van der Waals surface area contributed by atoms with E-state index >= 15 is 0 Å². The van der Waals surface area contributed by atoms with Crippen molar-refractivity contribution in [1.29, 1.82) is 0 Å². The van der Waals surface area contributed by atoms with Crippen molar-refractivity contribution in [2.24, 2.45) is 7.05 Å². The number of hydrogen-bond donors (Lipinski definition) is 2. The first-order chi connectivity index (χ1) is 23.0. The molecular formula is C35H27N11O. The number of anilines is 1. The van der Waals surface area contributed by atoms with Crippen molar-refractivity contribution in [3.8, 4) is 34.7 Å². The van der Waals surface area contributed by atoms with Crippen LogP contribution in [0.3, 0.4) is 0 Å². The van der Waals surface area contributed by atoms with Gasteiger partial charge in [-0.3, -0.25) is 14.0 Å². The summed E-state index contributed by atoms with van der Waals surface area (Å²) in [5, 5.41) is 11.8. The zero-order valence-electron chi connectivity index (χ0n) is 25.2. The molecule has 1 aromatic carbocycles. The number of rotatable bonds is 5. The maximum absolute atomic E-state index is 13.5. The number of hydrogen-bond acceptors (Lipinski definition) is 8. The molecule has 1 aliphatic rings. The van der Waals surface area contributed by atoms with E-state index in [9.17, 15) is 4.79 Å². The van der Waals surface area contributed by atoms with E-state index in [2.05, 4.69) is 49.5 Å². The highest BCUT2D eigenvalue weighted by molar-refractivity contribution is 5.96. The van der Waals surface area contributed by atoms with E-state index in [4.69, 9.17) is 15.7 Å². The zero-order chi connectivity index (χ0) is 31.9. The van der Waals surface area contributed by atoms with Crippen LogP contribution in [0.5, 0.6) is 0 Å². The highest BCUT2D eigenvalue weighted by Crippen LogP contribution is 2.36. The van der Waals surface area contributed by atoms with Gasteiger partial charge in [-0.05, 0) is 96.5 Å². The van der Waals surface area contributed by atoms with Crippen LogP contribution in [0.25, 0.3) is 34.1 Å². The number of amides is 1. The lowest BCUT2D eigenvalue weighted by molar-refractivity contribution is 0.0936. The predicted molar refractivity (Wildman–Crippen MR) is 176 cm³/mol. The van der Waals surface area contributed by atoms with E-state index in [-0.39, 0.29) is 11.9 Å². The van der Waals surface area contributed by atoms with Crippen molar-refractivity contribution in [2.45, 2.75) is 18.9 Å². The smallest absolute Gasteiger partial charge is 0.254 e. The van der Waals surface area contributed by atoms with E-state index in [0.717, 1.165) is 29.7 Å². The molecule has 6 aromatic heterocycles. The normalized spacial score (nSPS) is 13.7. The second-order valence-electron chi connectivity index (χ2n) is 11.1. The minimum atomic E-state index is -0.226. The fourth-order valence-corrected chi connectivity index (χ4v) is 5.93. The summed E-state index contributed by atoms with van der Waals surface area (Å²) in [6.07, 6.45) is 10.2. The molecule has 0 spiro atoms. The summed E-state index contributed by atoms with van der Waals surface area (Å²) in [6, 6.07) is 20.8. The number of benzene rings is 1. The van der Waals surface area contributed by atoms with Crippen LogP contribution < -0.4 is 11.1 Å². The van der Waals surface area contributed by atoms with Crippen LogP contribution in [0, 0.1) is 11.8 Å². The van der Waals surface area contributed by atoms with Gasteiger partial charge in [-0.15, -0.1) is 0 Å². The maximum atomic E-state index is 13.5. The Labute approximate surface area is 269 Å². The molecule has 12 heteroatoms. The van der Waals surface area contributed by atoms with Crippen LogP contribution in [0.15, 0.2) is 97.7 Å². The van der Waals surface area contributed by atoms with Crippen LogP contribution >= 0.6 is 0 Å². The van der Waals surface area contributed by atoms with Gasteiger partial charge in [-0.2, -0.15) is 10.2 Å². The number of nitrogens with two attached hydrogens (primary N) is 1. The van der Waals surface area contributed by atoms with Crippen molar-refractivity contribution in [1.82, 2.24) is 49.4 Å². The Bertz CT molecular complexity index is 2360. The van der Waals surface area contributed by atoms with Gasteiger partial charge >= 0.3 is 0 Å². The SMILES string of the molecule is Cn1ccc(C#Cc2ncccc2C(=O)N[C@H]2CCc3cc(-n4c(-c5cccnc5N)nc5ccc(-n6cccn6)nc54)ccc32)n1. The number of pyridine rings is 3. The second kappa shape index (κ2) is 11.4. The monoisotopic (exact) mass is 617 g/mol. The molecule has 7 aromatic rings. The molecule has 0 radical (unpaired) electrons. The standard InChI is InChI=1S/C35H27N11O/c1-44-20-15-23(43-44)8-12-28-26(5-2-16-37-28)35(47)41-29-11-7-22-21-24(9-10-25(22)29)46-33(27-6-3-17-38-32(27)36)40-30-13-14-31(42-34(30)46)45-19-4-18-39-45/h2-6,9-10,13-21,29H,7,11H2,1H3,(H2,36,38)(H,41,47)/t29-/m0/s1. The highest BCUT2D eigenvalue weighted by atomic mass is 16.1. The van der Waals surface area contributed by atoms with Crippen LogP contribution in [0.1, 0.15) is 45.3 Å². The van der Waals surface area contributed by atoms with E-state index in [0.29, 0.717) is 51.1 Å². The maximum Gasteiger partial charge on any atom is 0.254 e. The Morgan fingerprint density at radius 1 is 0.957 bits per heavy atom. The number of aromatic nitrogens is 9. The fraction of sp³-hybridized carbons (Fsp3) is 0.114. The second-order valence-corrected chi connectivity index (χ2v) is 11.1. The summed E-state index contributed by atoms with van der Waals surface area (Å²) in [5.74, 6) is 7.45. The number of carbonyl (C=O) groups excluding carboxylic acids is 1. The molecule has 1 amide bonds. The van der Waals surface area contributed by atoms with Gasteiger partial charge in [0.05, 0.1) is 17.2 Å². The summed E-state index contributed by atoms with van der Waals surface area (Å²) >= 11 is 0. The Balaban J connectivity index is 1.14. The summed E-state index contributed by atoms with van der Waals surface area (Å²) < 4.78 is 5.39. The molecular weight excluding hydrogens is 590 g/mol. The molecule has 3 N–H and O–H groups in total. The number of nitrogen functional groups attached to an aromatic ring is 1. The minimum Gasteiger partial charge on any atom is -0.383 e. The van der Waals surface area contributed by atoms with Crippen molar-refractivity contribution >= 4 is 22.9 Å². The molecule has 0 saturated carbocycles. The Morgan fingerprint density at radius 3 is 2.68 bits per heavy atom. The lowest BCUT2D eigenvalue weighted by Crippen LogP contribution is -2.28. The first-order valence-corrected chi connectivity index (χ1v) is 15.0. The molecule has 0 aliphatic heterocycles. The minimum absolute atomic E-state index is 0.166. The van der Waals surface area contributed by atoms with Crippen LogP contribution in [0.4, 0.5) is 5.82 Å². The van der Waals surface area contributed by atoms with Gasteiger partial charge in [0.15, 0.2) is 17.3 Å². The first kappa shape index (κ1) is 27.9. The van der Waals surface area contributed by atoms with Gasteiger partial charge < -0.3 is 11.1 Å². The molecule has 0 unspecified atom stereocenters. The Hall–Kier alpha value is -6.61.